The Bertz CT molecular complexity index is 372. The Kier molecular flexibility index (Phi) is 4.20. The minimum Gasteiger partial charge on any atom is -0.612 e. The molecule has 0 spiro atoms. The van der Waals surface area contributed by atoms with E-state index >= 15 is 0 Å². The van der Waals surface area contributed by atoms with Crippen molar-refractivity contribution in [3.63, 3.8) is 0 Å². The van der Waals surface area contributed by atoms with Crippen LogP contribution in [0.5, 0.6) is 0 Å². The van der Waals surface area contributed by atoms with Gasteiger partial charge in [0.2, 0.25) is 0 Å². The Labute approximate surface area is 91.3 Å². The summed E-state index contributed by atoms with van der Waals surface area (Å²) < 4.78 is 11.1. The molecule has 1 atom stereocenters. The van der Waals surface area contributed by atoms with Gasteiger partial charge in [0.15, 0.2) is 10.7 Å². The molecule has 0 heterocycles. The third-order valence-corrected chi connectivity index (χ3v) is 2.71. The predicted molar refractivity (Wildman–Crippen MR) is 61.2 cm³/mol. The summed E-state index contributed by atoms with van der Waals surface area (Å²) in [6.45, 7) is 0. The Hall–Kier alpha value is -1.46. The first kappa shape index (κ1) is 11.6. The lowest BCUT2D eigenvalue weighted by atomic mass is 10.2. The monoisotopic (exact) mass is 224 g/mol. The van der Waals surface area contributed by atoms with E-state index in [9.17, 15) is 4.55 Å². The standard InChI is InChI=1S/C10H12N2O2S/c1-15(14)9-5-2-8(3-6-9)4-7-10(11)12-13/h2-7,13H,1H3,(H2,11,12). The van der Waals surface area contributed by atoms with Crippen LogP contribution < -0.4 is 5.73 Å². The lowest BCUT2D eigenvalue weighted by Gasteiger charge is -2.03. The number of nitrogens with two attached hydrogens (primary N) is 1. The molecule has 80 valence electrons. The number of oxime groups is 1. The molecular formula is C10H12N2O2S. The number of amidine groups is 1. The summed E-state index contributed by atoms with van der Waals surface area (Å²) in [5, 5.41) is 11.1. The van der Waals surface area contributed by atoms with E-state index in [-0.39, 0.29) is 5.84 Å². The van der Waals surface area contributed by atoms with Crippen molar-refractivity contribution in [3.8, 4) is 0 Å². The number of rotatable bonds is 3. The van der Waals surface area contributed by atoms with Gasteiger partial charge in [-0.05, 0) is 47.1 Å². The van der Waals surface area contributed by atoms with E-state index in [1.165, 1.54) is 6.08 Å². The van der Waals surface area contributed by atoms with E-state index in [2.05, 4.69) is 5.16 Å². The molecule has 0 aromatic heterocycles. The summed E-state index contributed by atoms with van der Waals surface area (Å²) in [4.78, 5) is 0.774. The number of hydrogen-bond acceptors (Lipinski definition) is 3. The average Bonchev–Trinajstić information content (AvgIpc) is 2.26. The third-order valence-electron chi connectivity index (χ3n) is 1.77. The first-order chi connectivity index (χ1) is 7.13. The largest absolute Gasteiger partial charge is 0.612 e. The maximum absolute atomic E-state index is 11.1. The Morgan fingerprint density at radius 1 is 1.47 bits per heavy atom. The van der Waals surface area contributed by atoms with Gasteiger partial charge in [0.25, 0.3) is 0 Å². The van der Waals surface area contributed by atoms with Crippen molar-refractivity contribution in [1.82, 2.24) is 0 Å². The predicted octanol–water partition coefficient (Wildman–Crippen LogP) is 1.18. The lowest BCUT2D eigenvalue weighted by Crippen LogP contribution is -2.06. The molecule has 0 fully saturated rings. The molecule has 0 bridgehead atoms. The van der Waals surface area contributed by atoms with Crippen molar-refractivity contribution in [2.75, 3.05) is 6.26 Å². The van der Waals surface area contributed by atoms with Crippen molar-refractivity contribution in [3.05, 3.63) is 35.9 Å². The summed E-state index contributed by atoms with van der Waals surface area (Å²) in [5.74, 6) is 0.0399. The second-order valence-electron chi connectivity index (χ2n) is 2.88. The molecule has 0 radical (unpaired) electrons. The zero-order chi connectivity index (χ0) is 11.3. The highest BCUT2D eigenvalue weighted by molar-refractivity contribution is 7.90. The highest BCUT2D eigenvalue weighted by atomic mass is 32.2. The summed E-state index contributed by atoms with van der Waals surface area (Å²) in [6.07, 6.45) is 4.82. The maximum Gasteiger partial charge on any atom is 0.162 e. The highest BCUT2D eigenvalue weighted by Crippen LogP contribution is 2.11. The van der Waals surface area contributed by atoms with E-state index in [1.54, 1.807) is 24.5 Å². The van der Waals surface area contributed by atoms with Gasteiger partial charge in [-0.3, -0.25) is 0 Å². The first-order valence-electron chi connectivity index (χ1n) is 4.22. The third kappa shape index (κ3) is 3.65. The van der Waals surface area contributed by atoms with E-state index in [0.29, 0.717) is 0 Å². The molecule has 0 aliphatic heterocycles. The molecule has 1 unspecified atom stereocenters. The van der Waals surface area contributed by atoms with Crippen molar-refractivity contribution < 1.29 is 9.76 Å². The van der Waals surface area contributed by atoms with Crippen LogP contribution in [0, 0.1) is 0 Å². The molecular weight excluding hydrogens is 212 g/mol. The molecule has 0 amide bonds. The molecule has 15 heavy (non-hydrogen) atoms. The quantitative estimate of drug-likeness (QED) is 0.266. The summed E-state index contributed by atoms with van der Waals surface area (Å²) in [7, 11) is 0. The smallest absolute Gasteiger partial charge is 0.162 e. The fourth-order valence-electron chi connectivity index (χ4n) is 0.986. The lowest BCUT2D eigenvalue weighted by molar-refractivity contribution is 0.319. The van der Waals surface area contributed by atoms with Crippen LogP contribution >= 0.6 is 0 Å². The Morgan fingerprint density at radius 3 is 2.53 bits per heavy atom. The molecule has 0 saturated heterocycles. The van der Waals surface area contributed by atoms with Crippen LogP contribution in [0.4, 0.5) is 0 Å². The molecule has 1 aromatic rings. The van der Waals surface area contributed by atoms with Crippen molar-refractivity contribution in [2.45, 2.75) is 4.90 Å². The zero-order valence-electron chi connectivity index (χ0n) is 8.25. The molecule has 4 nitrogen and oxygen atoms in total. The van der Waals surface area contributed by atoms with Gasteiger partial charge in [0.1, 0.15) is 6.26 Å². The van der Waals surface area contributed by atoms with Crippen LogP contribution in [0.2, 0.25) is 0 Å². The van der Waals surface area contributed by atoms with E-state index in [4.69, 9.17) is 10.9 Å². The molecule has 0 saturated carbocycles. The molecule has 0 aliphatic carbocycles. The zero-order valence-corrected chi connectivity index (χ0v) is 9.07. The van der Waals surface area contributed by atoms with Crippen LogP contribution in [-0.2, 0) is 11.2 Å². The SMILES string of the molecule is C[S+]([O-])c1ccc(C=CC(N)=NO)cc1. The number of hydrogen-bond donors (Lipinski definition) is 2. The van der Waals surface area contributed by atoms with Gasteiger partial charge in [-0.1, -0.05) is 11.2 Å². The molecule has 1 aromatic carbocycles. The fourth-order valence-corrected chi connectivity index (χ4v) is 1.50. The summed E-state index contributed by atoms with van der Waals surface area (Å²) in [6, 6.07) is 7.19. The van der Waals surface area contributed by atoms with E-state index in [0.717, 1.165) is 10.5 Å². The van der Waals surface area contributed by atoms with E-state index < -0.39 is 11.2 Å². The summed E-state index contributed by atoms with van der Waals surface area (Å²) >= 11 is -0.964. The summed E-state index contributed by atoms with van der Waals surface area (Å²) in [5.41, 5.74) is 6.16. The van der Waals surface area contributed by atoms with Crippen molar-refractivity contribution in [1.29, 1.82) is 0 Å². The van der Waals surface area contributed by atoms with Crippen LogP contribution in [0.15, 0.2) is 40.4 Å². The van der Waals surface area contributed by atoms with Gasteiger partial charge >= 0.3 is 0 Å². The first-order valence-corrected chi connectivity index (χ1v) is 5.78. The second-order valence-corrected chi connectivity index (χ2v) is 4.26. The van der Waals surface area contributed by atoms with Crippen LogP contribution in [-0.4, -0.2) is 21.9 Å². The molecule has 1 rings (SSSR count). The maximum atomic E-state index is 11.1. The fraction of sp³-hybridized carbons (Fsp3) is 0.100. The molecule has 5 heteroatoms. The van der Waals surface area contributed by atoms with Gasteiger partial charge in [-0.15, -0.1) is 0 Å². The van der Waals surface area contributed by atoms with Crippen molar-refractivity contribution >= 4 is 23.1 Å². The minimum atomic E-state index is -0.964. The Morgan fingerprint density at radius 2 is 2.07 bits per heavy atom. The van der Waals surface area contributed by atoms with Gasteiger partial charge in [-0.25, -0.2) is 0 Å². The average molecular weight is 224 g/mol. The van der Waals surface area contributed by atoms with Crippen LogP contribution in [0.1, 0.15) is 5.56 Å². The van der Waals surface area contributed by atoms with Gasteiger partial charge in [-0.2, -0.15) is 0 Å². The van der Waals surface area contributed by atoms with Crippen LogP contribution in [0.3, 0.4) is 0 Å². The van der Waals surface area contributed by atoms with Gasteiger partial charge in [0, 0.05) is 0 Å². The minimum absolute atomic E-state index is 0.0399. The normalized spacial score (nSPS) is 14.4. The van der Waals surface area contributed by atoms with Crippen LogP contribution in [0.25, 0.3) is 6.08 Å². The molecule has 0 aliphatic rings. The highest BCUT2D eigenvalue weighted by Gasteiger charge is 2.01. The molecule has 3 N–H and O–H groups in total. The van der Waals surface area contributed by atoms with Crippen molar-refractivity contribution in [2.24, 2.45) is 10.9 Å². The van der Waals surface area contributed by atoms with E-state index in [1.807, 2.05) is 12.1 Å². The number of nitrogens with zero attached hydrogens (tertiary/aromatic N) is 1. The second kappa shape index (κ2) is 5.43. The van der Waals surface area contributed by atoms with Gasteiger partial charge < -0.3 is 15.5 Å². The topological polar surface area (TPSA) is 81.7 Å². The van der Waals surface area contributed by atoms with Gasteiger partial charge in [0.05, 0.1) is 0 Å². The number of benzene rings is 1. The Balaban J connectivity index is 2.77.